The Morgan fingerprint density at radius 3 is 3.00 bits per heavy atom. The van der Waals surface area contributed by atoms with Crippen molar-refractivity contribution in [1.82, 2.24) is 4.90 Å². The fourth-order valence-electron chi connectivity index (χ4n) is 2.71. The highest BCUT2D eigenvalue weighted by atomic mass is 16.6. The van der Waals surface area contributed by atoms with E-state index in [9.17, 15) is 20.3 Å². The lowest BCUT2D eigenvalue weighted by Crippen LogP contribution is -2.46. The molecule has 1 saturated heterocycles. The molecule has 1 aromatic rings. The summed E-state index contributed by atoms with van der Waals surface area (Å²) in [6.07, 6.45) is 2.40. The van der Waals surface area contributed by atoms with Gasteiger partial charge in [-0.15, -0.1) is 0 Å². The molecule has 0 saturated carbocycles. The maximum absolute atomic E-state index is 10.7. The monoisotopic (exact) mass is 310 g/mol. The van der Waals surface area contributed by atoms with Gasteiger partial charge >= 0.3 is 0 Å². The molecule has 1 fully saturated rings. The third kappa shape index (κ3) is 4.66. The Morgan fingerprint density at radius 2 is 2.27 bits per heavy atom. The van der Waals surface area contributed by atoms with Crippen LogP contribution in [0, 0.1) is 10.1 Å². The van der Waals surface area contributed by atoms with Gasteiger partial charge in [0, 0.05) is 18.7 Å². The molecule has 2 unspecified atom stereocenters. The van der Waals surface area contributed by atoms with Crippen LogP contribution in [-0.2, 0) is 0 Å². The number of non-ortho nitro benzene ring substituents is 1. The molecule has 122 valence electrons. The zero-order valence-corrected chi connectivity index (χ0v) is 12.4. The summed E-state index contributed by atoms with van der Waals surface area (Å²) in [6, 6.07) is 6.00. The molecular formula is C15H22N2O5. The maximum Gasteiger partial charge on any atom is 0.273 e. The van der Waals surface area contributed by atoms with Gasteiger partial charge in [-0.2, -0.15) is 0 Å². The Kier molecular flexibility index (Phi) is 6.11. The predicted octanol–water partition coefficient (Wildman–Crippen LogP) is 1.18. The van der Waals surface area contributed by atoms with Gasteiger partial charge in [-0.05, 0) is 25.5 Å². The Hall–Kier alpha value is -1.70. The van der Waals surface area contributed by atoms with Crippen LogP contribution in [0.4, 0.5) is 5.69 Å². The smallest absolute Gasteiger partial charge is 0.273 e. The van der Waals surface area contributed by atoms with Crippen molar-refractivity contribution in [3.63, 3.8) is 0 Å². The molecule has 22 heavy (non-hydrogen) atoms. The van der Waals surface area contributed by atoms with E-state index in [-0.39, 0.29) is 24.9 Å². The first-order valence-electron chi connectivity index (χ1n) is 7.50. The molecule has 0 bridgehead atoms. The van der Waals surface area contributed by atoms with E-state index in [1.807, 2.05) is 0 Å². The fraction of sp³-hybridized carbons (Fsp3) is 0.600. The van der Waals surface area contributed by atoms with Crippen LogP contribution < -0.4 is 4.74 Å². The van der Waals surface area contributed by atoms with Crippen molar-refractivity contribution in [3.8, 4) is 5.75 Å². The molecule has 2 N–H and O–H groups in total. The van der Waals surface area contributed by atoms with Gasteiger partial charge in [0.15, 0.2) is 0 Å². The number of hydrogen-bond donors (Lipinski definition) is 2. The fourth-order valence-corrected chi connectivity index (χ4v) is 2.71. The average molecular weight is 310 g/mol. The molecule has 7 heteroatoms. The second kappa shape index (κ2) is 8.07. The van der Waals surface area contributed by atoms with Crippen molar-refractivity contribution in [2.75, 3.05) is 26.3 Å². The van der Waals surface area contributed by atoms with Crippen molar-refractivity contribution in [3.05, 3.63) is 34.4 Å². The number of piperidine rings is 1. The lowest BCUT2D eigenvalue weighted by Gasteiger charge is -2.35. The first-order valence-corrected chi connectivity index (χ1v) is 7.50. The van der Waals surface area contributed by atoms with Crippen molar-refractivity contribution in [1.29, 1.82) is 0 Å². The van der Waals surface area contributed by atoms with Crippen LogP contribution in [0.15, 0.2) is 24.3 Å². The van der Waals surface area contributed by atoms with E-state index in [0.29, 0.717) is 12.3 Å². The number of nitrogens with zero attached hydrogens (tertiary/aromatic N) is 2. The Balaban J connectivity index is 1.83. The van der Waals surface area contributed by atoms with Crippen molar-refractivity contribution in [2.45, 2.75) is 31.4 Å². The van der Waals surface area contributed by atoms with Crippen molar-refractivity contribution in [2.24, 2.45) is 0 Å². The molecule has 1 aliphatic rings. The number of aliphatic hydroxyl groups excluding tert-OH is 2. The van der Waals surface area contributed by atoms with E-state index >= 15 is 0 Å². The molecule has 2 atom stereocenters. The zero-order valence-electron chi connectivity index (χ0n) is 12.4. The van der Waals surface area contributed by atoms with Gasteiger partial charge in [0.1, 0.15) is 18.5 Å². The van der Waals surface area contributed by atoms with Crippen LogP contribution in [-0.4, -0.2) is 58.5 Å². The minimum absolute atomic E-state index is 0.0386. The standard InChI is InChI=1S/C15H22N2O5/c18-10-13-4-1-2-7-16(13)9-14(19)11-22-15-6-3-5-12(8-15)17(20)21/h3,5-6,8,13-14,18-19H,1-2,4,7,9-11H2. The quantitative estimate of drug-likeness (QED) is 0.580. The Labute approximate surface area is 129 Å². The summed E-state index contributed by atoms with van der Waals surface area (Å²) in [6.45, 7) is 1.45. The third-order valence-electron chi connectivity index (χ3n) is 3.88. The number of hydrogen-bond acceptors (Lipinski definition) is 6. The number of nitro benzene ring substituents is 1. The van der Waals surface area contributed by atoms with Crippen LogP contribution in [0.2, 0.25) is 0 Å². The SMILES string of the molecule is O=[N+]([O-])c1cccc(OCC(O)CN2CCCCC2CO)c1. The minimum Gasteiger partial charge on any atom is -0.491 e. The molecule has 1 aromatic carbocycles. The minimum atomic E-state index is -0.702. The zero-order chi connectivity index (χ0) is 15.9. The highest BCUT2D eigenvalue weighted by Gasteiger charge is 2.23. The number of ether oxygens (including phenoxy) is 1. The summed E-state index contributed by atoms with van der Waals surface area (Å²) >= 11 is 0. The van der Waals surface area contributed by atoms with Gasteiger partial charge in [0.25, 0.3) is 5.69 Å². The number of benzene rings is 1. The van der Waals surface area contributed by atoms with Crippen LogP contribution >= 0.6 is 0 Å². The molecule has 0 aromatic heterocycles. The molecule has 0 aliphatic carbocycles. The number of nitro groups is 1. The van der Waals surface area contributed by atoms with E-state index in [1.165, 1.54) is 12.1 Å². The Morgan fingerprint density at radius 1 is 1.45 bits per heavy atom. The summed E-state index contributed by atoms with van der Waals surface area (Å²) in [5, 5.41) is 30.1. The highest BCUT2D eigenvalue weighted by Crippen LogP contribution is 2.20. The number of β-amino-alcohol motifs (C(OH)–C–C–N with tert-alkyl or cyclic N) is 1. The predicted molar refractivity (Wildman–Crippen MR) is 80.9 cm³/mol. The van der Waals surface area contributed by atoms with Gasteiger partial charge in [-0.3, -0.25) is 15.0 Å². The summed E-state index contributed by atoms with van der Waals surface area (Å²) in [7, 11) is 0. The molecule has 7 nitrogen and oxygen atoms in total. The van der Waals surface area contributed by atoms with Crippen LogP contribution in [0.3, 0.4) is 0 Å². The molecular weight excluding hydrogens is 288 g/mol. The lowest BCUT2D eigenvalue weighted by molar-refractivity contribution is -0.384. The topological polar surface area (TPSA) is 96.1 Å². The van der Waals surface area contributed by atoms with Gasteiger partial charge in [-0.25, -0.2) is 0 Å². The van der Waals surface area contributed by atoms with Crippen LogP contribution in [0.25, 0.3) is 0 Å². The van der Waals surface area contributed by atoms with E-state index in [2.05, 4.69) is 4.90 Å². The van der Waals surface area contributed by atoms with Gasteiger partial charge in [-0.1, -0.05) is 12.5 Å². The number of rotatable bonds is 7. The largest absolute Gasteiger partial charge is 0.491 e. The van der Waals surface area contributed by atoms with Crippen molar-refractivity contribution >= 4 is 5.69 Å². The molecule has 0 amide bonds. The average Bonchev–Trinajstić information content (AvgIpc) is 2.53. The van der Waals surface area contributed by atoms with E-state index < -0.39 is 11.0 Å². The second-order valence-electron chi connectivity index (χ2n) is 5.55. The highest BCUT2D eigenvalue weighted by molar-refractivity contribution is 5.37. The number of likely N-dealkylation sites (tertiary alicyclic amines) is 1. The van der Waals surface area contributed by atoms with Gasteiger partial charge < -0.3 is 14.9 Å². The van der Waals surface area contributed by atoms with E-state index in [0.717, 1.165) is 25.8 Å². The Bertz CT molecular complexity index is 497. The van der Waals surface area contributed by atoms with E-state index in [4.69, 9.17) is 4.74 Å². The van der Waals surface area contributed by atoms with Gasteiger partial charge in [0.05, 0.1) is 17.6 Å². The molecule has 1 aliphatic heterocycles. The van der Waals surface area contributed by atoms with Crippen LogP contribution in [0.5, 0.6) is 5.75 Å². The summed E-state index contributed by atoms with van der Waals surface area (Å²) in [5.41, 5.74) is -0.0386. The van der Waals surface area contributed by atoms with Crippen LogP contribution in [0.1, 0.15) is 19.3 Å². The number of aliphatic hydroxyl groups is 2. The second-order valence-corrected chi connectivity index (χ2v) is 5.55. The first-order chi connectivity index (χ1) is 10.6. The maximum atomic E-state index is 10.7. The molecule has 1 heterocycles. The third-order valence-corrected chi connectivity index (χ3v) is 3.88. The molecule has 0 radical (unpaired) electrons. The molecule has 2 rings (SSSR count). The summed E-state index contributed by atoms with van der Waals surface area (Å²) < 4.78 is 5.43. The normalized spacial score (nSPS) is 20.5. The summed E-state index contributed by atoms with van der Waals surface area (Å²) in [4.78, 5) is 12.3. The first kappa shape index (κ1) is 16.7. The van der Waals surface area contributed by atoms with E-state index in [1.54, 1.807) is 12.1 Å². The van der Waals surface area contributed by atoms with Gasteiger partial charge in [0.2, 0.25) is 0 Å². The van der Waals surface area contributed by atoms with Crippen molar-refractivity contribution < 1.29 is 19.9 Å². The lowest BCUT2D eigenvalue weighted by atomic mass is 10.0. The molecule has 0 spiro atoms. The summed E-state index contributed by atoms with van der Waals surface area (Å²) in [5.74, 6) is 0.366.